The van der Waals surface area contributed by atoms with Crippen LogP contribution in [0.5, 0.6) is 0 Å². The Bertz CT molecular complexity index is 920. The Hall–Kier alpha value is -2.30. The van der Waals surface area contributed by atoms with Gasteiger partial charge in [-0.1, -0.05) is 19.1 Å². The first kappa shape index (κ1) is 25.0. The number of nitrogens with zero attached hydrogens (tertiary/aromatic N) is 6. The van der Waals surface area contributed by atoms with Crippen molar-refractivity contribution < 1.29 is 13.9 Å². The summed E-state index contributed by atoms with van der Waals surface area (Å²) in [5, 5.41) is 7.74. The fourth-order valence-corrected chi connectivity index (χ4v) is 4.03. The number of ether oxygens (including phenoxy) is 1. The second-order valence-corrected chi connectivity index (χ2v) is 7.58. The Labute approximate surface area is 187 Å². The lowest BCUT2D eigenvalue weighted by Gasteiger charge is -2.42. The van der Waals surface area contributed by atoms with Gasteiger partial charge in [-0.2, -0.15) is 9.36 Å². The molecule has 3 rings (SSSR count). The van der Waals surface area contributed by atoms with Crippen LogP contribution in [-0.4, -0.2) is 70.0 Å². The largest absolute Gasteiger partial charge is 0.375 e. The van der Waals surface area contributed by atoms with Gasteiger partial charge in [0, 0.05) is 39.3 Å². The number of hydrogen-bond acceptors (Lipinski definition) is 6. The molecule has 1 aliphatic rings. The number of para-hydroxylation sites is 1. The molecular formula is C20H30ClFN6O3. The average Bonchev–Trinajstić information content (AvgIpc) is 3.09. The molecule has 0 bridgehead atoms. The quantitative estimate of drug-likeness (QED) is 0.597. The van der Waals surface area contributed by atoms with Gasteiger partial charge in [0.15, 0.2) is 0 Å². The topological polar surface area (TPSA) is 85.5 Å². The van der Waals surface area contributed by atoms with Gasteiger partial charge in [-0.05, 0) is 41.8 Å². The minimum absolute atomic E-state index is 0. The highest BCUT2D eigenvalue weighted by Gasteiger charge is 2.35. The van der Waals surface area contributed by atoms with Crippen molar-refractivity contribution in [3.63, 3.8) is 0 Å². The number of carbonyl (C=O) groups excluding carboxylic acids is 1. The summed E-state index contributed by atoms with van der Waals surface area (Å²) in [6.07, 6.45) is 0.696. The number of aromatic nitrogens is 4. The molecule has 0 N–H and O–H groups in total. The zero-order chi connectivity index (χ0) is 21.7. The fraction of sp³-hybridized carbons (Fsp3) is 0.600. The minimum atomic E-state index is -0.421. The molecule has 2 atom stereocenters. The van der Waals surface area contributed by atoms with Crippen LogP contribution in [0.25, 0.3) is 0 Å². The Kier molecular flexibility index (Phi) is 9.15. The molecule has 1 saturated heterocycles. The van der Waals surface area contributed by atoms with Crippen molar-refractivity contribution in [2.75, 3.05) is 38.3 Å². The summed E-state index contributed by atoms with van der Waals surface area (Å²) in [5.74, 6) is -0.562. The van der Waals surface area contributed by atoms with Gasteiger partial charge in [0.2, 0.25) is 0 Å². The van der Waals surface area contributed by atoms with Crippen LogP contribution in [0.1, 0.15) is 20.3 Å². The van der Waals surface area contributed by atoms with Gasteiger partial charge in [0.1, 0.15) is 12.4 Å². The van der Waals surface area contributed by atoms with Crippen molar-refractivity contribution in [3.05, 3.63) is 40.6 Å². The number of likely N-dealkylation sites (tertiary alicyclic amines) is 1. The highest BCUT2D eigenvalue weighted by atomic mass is 35.5. The molecule has 1 amide bonds. The summed E-state index contributed by atoms with van der Waals surface area (Å²) in [7, 11) is 1.46. The number of rotatable bonds is 8. The Morgan fingerprint density at radius 1 is 1.26 bits per heavy atom. The third-order valence-electron chi connectivity index (χ3n) is 5.55. The summed E-state index contributed by atoms with van der Waals surface area (Å²) in [4.78, 5) is 28.6. The number of carbonyl (C=O) groups is 1. The summed E-state index contributed by atoms with van der Waals surface area (Å²) < 4.78 is 22.2. The SMILES string of the molecule is CCn1nnn(CCN2CC[C@H](N(C(=O)COC)c3ccccc3F)[C@H](C)C2)c1=O.Cl. The molecule has 2 aromatic rings. The summed E-state index contributed by atoms with van der Waals surface area (Å²) in [6.45, 7) is 6.87. The first-order chi connectivity index (χ1) is 14.5. The molecule has 31 heavy (non-hydrogen) atoms. The molecule has 1 aromatic carbocycles. The lowest BCUT2D eigenvalue weighted by molar-refractivity contribution is -0.123. The standard InChI is InChI=1S/C20H29FN6O3.ClH/c1-4-25-20(29)26(23-22-25)12-11-24-10-9-17(15(2)13-24)27(19(28)14-30-3)18-8-6-5-7-16(18)21;/h5-8,15,17H,4,9-14H2,1-3H3;1H/t15-,17+;/m1./s1. The zero-order valence-electron chi connectivity index (χ0n) is 18.1. The highest BCUT2D eigenvalue weighted by Crippen LogP contribution is 2.29. The molecule has 1 aliphatic heterocycles. The van der Waals surface area contributed by atoms with E-state index in [2.05, 4.69) is 22.3 Å². The number of amides is 1. The van der Waals surface area contributed by atoms with Crippen molar-refractivity contribution >= 4 is 24.0 Å². The molecule has 9 nitrogen and oxygen atoms in total. The maximum Gasteiger partial charge on any atom is 0.363 e. The molecule has 1 aromatic heterocycles. The Morgan fingerprint density at radius 2 is 1.97 bits per heavy atom. The van der Waals surface area contributed by atoms with Crippen LogP contribution in [-0.2, 0) is 22.6 Å². The number of halogens is 2. The lowest BCUT2D eigenvalue weighted by Crippen LogP contribution is -2.54. The van der Waals surface area contributed by atoms with E-state index in [1.54, 1.807) is 23.1 Å². The van der Waals surface area contributed by atoms with Crippen LogP contribution in [0.4, 0.5) is 10.1 Å². The molecule has 0 saturated carbocycles. The number of hydrogen-bond donors (Lipinski definition) is 0. The highest BCUT2D eigenvalue weighted by molar-refractivity contribution is 5.95. The van der Waals surface area contributed by atoms with Gasteiger partial charge in [-0.3, -0.25) is 4.79 Å². The molecule has 0 aliphatic carbocycles. The monoisotopic (exact) mass is 456 g/mol. The lowest BCUT2D eigenvalue weighted by atomic mass is 9.91. The van der Waals surface area contributed by atoms with Crippen molar-refractivity contribution in [1.82, 2.24) is 24.7 Å². The normalized spacial score (nSPS) is 19.1. The van der Waals surface area contributed by atoms with Crippen LogP contribution < -0.4 is 10.6 Å². The fourth-order valence-electron chi connectivity index (χ4n) is 4.03. The average molecular weight is 457 g/mol. The van der Waals surface area contributed by atoms with Crippen molar-refractivity contribution in [2.45, 2.75) is 39.4 Å². The van der Waals surface area contributed by atoms with Gasteiger partial charge in [0.25, 0.3) is 5.91 Å². The molecule has 0 radical (unpaired) electrons. The third-order valence-corrected chi connectivity index (χ3v) is 5.55. The maximum atomic E-state index is 14.5. The van der Waals surface area contributed by atoms with Gasteiger partial charge in [-0.15, -0.1) is 12.4 Å². The van der Waals surface area contributed by atoms with Gasteiger partial charge < -0.3 is 14.5 Å². The van der Waals surface area contributed by atoms with Crippen LogP contribution in [0.15, 0.2) is 29.1 Å². The first-order valence-electron chi connectivity index (χ1n) is 10.2. The first-order valence-corrected chi connectivity index (χ1v) is 10.2. The smallest absolute Gasteiger partial charge is 0.363 e. The molecule has 0 spiro atoms. The minimum Gasteiger partial charge on any atom is -0.375 e. The molecular weight excluding hydrogens is 427 g/mol. The van der Waals surface area contributed by atoms with Gasteiger partial charge in [0.05, 0.1) is 12.2 Å². The van der Waals surface area contributed by atoms with E-state index in [1.807, 2.05) is 6.92 Å². The molecule has 1 fully saturated rings. The number of aryl methyl sites for hydroxylation is 1. The van der Waals surface area contributed by atoms with E-state index in [9.17, 15) is 14.0 Å². The van der Waals surface area contributed by atoms with Crippen LogP contribution >= 0.6 is 12.4 Å². The van der Waals surface area contributed by atoms with E-state index in [0.29, 0.717) is 26.1 Å². The molecule has 2 heterocycles. The van der Waals surface area contributed by atoms with Gasteiger partial charge >= 0.3 is 5.69 Å². The Morgan fingerprint density at radius 3 is 2.58 bits per heavy atom. The molecule has 11 heteroatoms. The van der Waals surface area contributed by atoms with Crippen LogP contribution in [0.3, 0.4) is 0 Å². The van der Waals surface area contributed by atoms with Crippen molar-refractivity contribution in [2.24, 2.45) is 5.92 Å². The Balaban J connectivity index is 0.00000341. The second-order valence-electron chi connectivity index (χ2n) is 7.58. The summed E-state index contributed by atoms with van der Waals surface area (Å²) in [5.41, 5.74) is 0.0731. The van der Waals surface area contributed by atoms with Crippen LogP contribution in [0.2, 0.25) is 0 Å². The summed E-state index contributed by atoms with van der Waals surface area (Å²) in [6, 6.07) is 6.20. The van der Waals surface area contributed by atoms with E-state index in [1.165, 1.54) is 22.5 Å². The zero-order valence-corrected chi connectivity index (χ0v) is 18.9. The van der Waals surface area contributed by atoms with Crippen molar-refractivity contribution in [3.8, 4) is 0 Å². The second kappa shape index (κ2) is 11.4. The predicted molar refractivity (Wildman–Crippen MR) is 117 cm³/mol. The number of methoxy groups -OCH3 is 1. The van der Waals surface area contributed by atoms with E-state index < -0.39 is 5.82 Å². The number of piperidine rings is 1. The third kappa shape index (κ3) is 5.69. The van der Waals surface area contributed by atoms with Gasteiger partial charge in [-0.25, -0.2) is 9.18 Å². The molecule has 172 valence electrons. The summed E-state index contributed by atoms with van der Waals surface area (Å²) >= 11 is 0. The number of tetrazole rings is 1. The van der Waals surface area contributed by atoms with E-state index in [-0.39, 0.29) is 48.3 Å². The van der Waals surface area contributed by atoms with Crippen LogP contribution in [0, 0.1) is 11.7 Å². The van der Waals surface area contributed by atoms with E-state index in [0.717, 1.165) is 13.1 Å². The predicted octanol–water partition coefficient (Wildman–Crippen LogP) is 1.41. The molecule has 0 unspecified atom stereocenters. The maximum absolute atomic E-state index is 14.5. The van der Waals surface area contributed by atoms with E-state index >= 15 is 0 Å². The van der Waals surface area contributed by atoms with Crippen molar-refractivity contribution in [1.29, 1.82) is 0 Å². The van der Waals surface area contributed by atoms with E-state index in [4.69, 9.17) is 4.74 Å². The number of anilines is 1. The number of benzene rings is 1.